The number of aromatic hydroxyl groups is 2. The normalized spacial score (nSPS) is 17.1. The third-order valence-corrected chi connectivity index (χ3v) is 3.59. The molecule has 4 nitrogen and oxygen atoms in total. The summed E-state index contributed by atoms with van der Waals surface area (Å²) in [6, 6.07) is 10.6. The number of phenolic OH excluding ortho intramolecular Hbond substituents is 2. The fourth-order valence-electron chi connectivity index (χ4n) is 2.45. The topological polar surface area (TPSA) is 58.9 Å². The van der Waals surface area contributed by atoms with E-state index in [1.807, 2.05) is 18.2 Å². The molecular weight excluding hydrogens is 256 g/mol. The molecule has 0 aliphatic carbocycles. The first-order chi connectivity index (χ1) is 9.67. The molecule has 0 fully saturated rings. The van der Waals surface area contributed by atoms with Crippen LogP contribution in [0.3, 0.4) is 0 Å². The first-order valence-electron chi connectivity index (χ1n) is 6.53. The number of rotatable bonds is 2. The van der Waals surface area contributed by atoms with Gasteiger partial charge in [0.05, 0.1) is 7.11 Å². The van der Waals surface area contributed by atoms with Gasteiger partial charge in [0.25, 0.3) is 0 Å². The van der Waals surface area contributed by atoms with Gasteiger partial charge in [-0.25, -0.2) is 0 Å². The molecule has 0 radical (unpaired) electrons. The standard InChI is InChI=1S/C16H16O4/c1-19-12-5-2-10-4-7-15(20-16(10)9-12)11-3-6-13(17)14(18)8-11/h2-3,5-6,8-9,15,17-18H,4,7H2,1H3. The van der Waals surface area contributed by atoms with E-state index in [-0.39, 0.29) is 17.6 Å². The van der Waals surface area contributed by atoms with E-state index in [2.05, 4.69) is 0 Å². The number of aryl methyl sites for hydroxylation is 1. The third kappa shape index (κ3) is 2.25. The summed E-state index contributed by atoms with van der Waals surface area (Å²) >= 11 is 0. The summed E-state index contributed by atoms with van der Waals surface area (Å²) in [5, 5.41) is 18.9. The Kier molecular flexibility index (Phi) is 3.14. The summed E-state index contributed by atoms with van der Waals surface area (Å²) in [5.41, 5.74) is 2.01. The number of hydrogen-bond donors (Lipinski definition) is 2. The minimum Gasteiger partial charge on any atom is -0.504 e. The predicted octanol–water partition coefficient (Wildman–Crippen LogP) is 3.17. The maximum atomic E-state index is 9.58. The molecule has 3 rings (SSSR count). The van der Waals surface area contributed by atoms with E-state index in [9.17, 15) is 10.2 Å². The molecule has 104 valence electrons. The van der Waals surface area contributed by atoms with Crippen LogP contribution in [0.15, 0.2) is 36.4 Å². The maximum absolute atomic E-state index is 9.58. The van der Waals surface area contributed by atoms with Crippen molar-refractivity contribution in [2.75, 3.05) is 7.11 Å². The van der Waals surface area contributed by atoms with Crippen molar-refractivity contribution < 1.29 is 19.7 Å². The molecule has 1 aliphatic rings. The Morgan fingerprint density at radius 2 is 1.95 bits per heavy atom. The zero-order valence-corrected chi connectivity index (χ0v) is 11.2. The average molecular weight is 272 g/mol. The Labute approximate surface area is 117 Å². The second-order valence-corrected chi connectivity index (χ2v) is 4.87. The summed E-state index contributed by atoms with van der Waals surface area (Å²) in [6.07, 6.45) is 1.62. The zero-order chi connectivity index (χ0) is 14.1. The molecule has 0 saturated heterocycles. The van der Waals surface area contributed by atoms with Gasteiger partial charge in [0, 0.05) is 6.07 Å². The van der Waals surface area contributed by atoms with Crippen molar-refractivity contribution in [1.82, 2.24) is 0 Å². The highest BCUT2D eigenvalue weighted by Crippen LogP contribution is 2.38. The fraction of sp³-hybridized carbons (Fsp3) is 0.250. The lowest BCUT2D eigenvalue weighted by molar-refractivity contribution is 0.175. The van der Waals surface area contributed by atoms with Gasteiger partial charge in [0.1, 0.15) is 17.6 Å². The Hall–Kier alpha value is -2.36. The quantitative estimate of drug-likeness (QED) is 0.824. The number of hydrogen-bond acceptors (Lipinski definition) is 4. The van der Waals surface area contributed by atoms with Gasteiger partial charge in [-0.2, -0.15) is 0 Å². The molecule has 1 heterocycles. The largest absolute Gasteiger partial charge is 0.504 e. The van der Waals surface area contributed by atoms with Crippen LogP contribution < -0.4 is 9.47 Å². The van der Waals surface area contributed by atoms with Crippen LogP contribution in [0.1, 0.15) is 23.7 Å². The van der Waals surface area contributed by atoms with Gasteiger partial charge in [0.2, 0.25) is 0 Å². The zero-order valence-electron chi connectivity index (χ0n) is 11.2. The molecular formula is C16H16O4. The molecule has 1 aliphatic heterocycles. The van der Waals surface area contributed by atoms with Gasteiger partial charge in [-0.05, 0) is 42.2 Å². The molecule has 4 heteroatoms. The Balaban J connectivity index is 1.89. The second-order valence-electron chi connectivity index (χ2n) is 4.87. The molecule has 0 spiro atoms. The SMILES string of the molecule is COc1ccc2c(c1)OC(c1ccc(O)c(O)c1)CC2. The lowest BCUT2D eigenvalue weighted by Gasteiger charge is -2.27. The van der Waals surface area contributed by atoms with Gasteiger partial charge >= 0.3 is 0 Å². The third-order valence-electron chi connectivity index (χ3n) is 3.59. The first kappa shape index (κ1) is 12.7. The van der Waals surface area contributed by atoms with E-state index in [1.54, 1.807) is 19.2 Å². The van der Waals surface area contributed by atoms with E-state index in [0.29, 0.717) is 0 Å². The van der Waals surface area contributed by atoms with Crippen LogP contribution in [0.5, 0.6) is 23.0 Å². The van der Waals surface area contributed by atoms with Crippen molar-refractivity contribution in [3.05, 3.63) is 47.5 Å². The Morgan fingerprint density at radius 1 is 1.10 bits per heavy atom. The van der Waals surface area contributed by atoms with Crippen LogP contribution in [0.2, 0.25) is 0 Å². The molecule has 2 aromatic carbocycles. The van der Waals surface area contributed by atoms with Crippen molar-refractivity contribution in [3.63, 3.8) is 0 Å². The van der Waals surface area contributed by atoms with E-state index < -0.39 is 0 Å². The van der Waals surface area contributed by atoms with Crippen molar-refractivity contribution in [3.8, 4) is 23.0 Å². The molecule has 0 bridgehead atoms. The van der Waals surface area contributed by atoms with Gasteiger partial charge in [-0.1, -0.05) is 12.1 Å². The van der Waals surface area contributed by atoms with Crippen molar-refractivity contribution >= 4 is 0 Å². The van der Waals surface area contributed by atoms with Crippen molar-refractivity contribution in [2.24, 2.45) is 0 Å². The van der Waals surface area contributed by atoms with E-state index >= 15 is 0 Å². The summed E-state index contributed by atoms with van der Waals surface area (Å²) in [6.45, 7) is 0. The Bertz CT molecular complexity index is 636. The highest BCUT2D eigenvalue weighted by Gasteiger charge is 2.22. The Morgan fingerprint density at radius 3 is 2.70 bits per heavy atom. The molecule has 0 aromatic heterocycles. The second kappa shape index (κ2) is 4.96. The lowest BCUT2D eigenvalue weighted by atomic mass is 9.97. The summed E-state index contributed by atoms with van der Waals surface area (Å²) in [7, 11) is 1.63. The molecule has 2 aromatic rings. The van der Waals surface area contributed by atoms with Crippen LogP contribution in [0.25, 0.3) is 0 Å². The van der Waals surface area contributed by atoms with Crippen LogP contribution in [-0.4, -0.2) is 17.3 Å². The van der Waals surface area contributed by atoms with Gasteiger partial charge in [-0.3, -0.25) is 0 Å². The summed E-state index contributed by atoms with van der Waals surface area (Å²) < 4.78 is 11.2. The predicted molar refractivity (Wildman–Crippen MR) is 74.5 cm³/mol. The van der Waals surface area contributed by atoms with Gasteiger partial charge in [0.15, 0.2) is 11.5 Å². The summed E-state index contributed by atoms with van der Waals surface area (Å²) in [4.78, 5) is 0. The first-order valence-corrected chi connectivity index (χ1v) is 6.53. The molecule has 20 heavy (non-hydrogen) atoms. The molecule has 1 atom stereocenters. The number of ether oxygens (including phenoxy) is 2. The van der Waals surface area contributed by atoms with E-state index in [0.717, 1.165) is 35.5 Å². The number of fused-ring (bicyclic) bond motifs is 1. The van der Waals surface area contributed by atoms with Crippen molar-refractivity contribution in [1.29, 1.82) is 0 Å². The highest BCUT2D eigenvalue weighted by atomic mass is 16.5. The lowest BCUT2D eigenvalue weighted by Crippen LogP contribution is -2.15. The molecule has 0 saturated carbocycles. The molecule has 2 N–H and O–H groups in total. The number of methoxy groups -OCH3 is 1. The maximum Gasteiger partial charge on any atom is 0.157 e. The average Bonchev–Trinajstić information content (AvgIpc) is 2.49. The van der Waals surface area contributed by atoms with Crippen LogP contribution in [0.4, 0.5) is 0 Å². The smallest absolute Gasteiger partial charge is 0.157 e. The van der Waals surface area contributed by atoms with Gasteiger partial charge in [-0.15, -0.1) is 0 Å². The molecule has 1 unspecified atom stereocenters. The molecule has 0 amide bonds. The van der Waals surface area contributed by atoms with E-state index in [4.69, 9.17) is 9.47 Å². The van der Waals surface area contributed by atoms with Gasteiger partial charge < -0.3 is 19.7 Å². The van der Waals surface area contributed by atoms with Crippen molar-refractivity contribution in [2.45, 2.75) is 18.9 Å². The number of benzene rings is 2. The van der Waals surface area contributed by atoms with Crippen LogP contribution in [-0.2, 0) is 6.42 Å². The minimum absolute atomic E-state index is 0.119. The van der Waals surface area contributed by atoms with Crippen LogP contribution in [0, 0.1) is 0 Å². The summed E-state index contributed by atoms with van der Waals surface area (Å²) in [5.74, 6) is 1.33. The highest BCUT2D eigenvalue weighted by molar-refractivity contribution is 5.45. The minimum atomic E-state index is -0.124. The fourth-order valence-corrected chi connectivity index (χ4v) is 2.45. The monoisotopic (exact) mass is 272 g/mol. The van der Waals surface area contributed by atoms with Crippen LogP contribution >= 0.6 is 0 Å². The number of phenols is 2. The van der Waals surface area contributed by atoms with E-state index in [1.165, 1.54) is 6.07 Å².